The van der Waals surface area contributed by atoms with Crippen LogP contribution in [-0.2, 0) is 0 Å². The van der Waals surface area contributed by atoms with Gasteiger partial charge in [-0.2, -0.15) is 0 Å². The van der Waals surface area contributed by atoms with Gasteiger partial charge in [0.1, 0.15) is 0 Å². The lowest BCUT2D eigenvalue weighted by atomic mass is 9.69. The molecular formula is C17H28. The zero-order chi connectivity index (χ0) is 12.1. The molecule has 0 amide bonds. The number of hydrogen-bond acceptors (Lipinski definition) is 0. The predicted octanol–water partition coefficient (Wildman–Crippen LogP) is 5.34. The third-order valence-electron chi connectivity index (χ3n) is 6.01. The summed E-state index contributed by atoms with van der Waals surface area (Å²) in [5.41, 5.74) is 3.00. The largest absolute Gasteiger partial charge is 0.0794 e. The summed E-state index contributed by atoms with van der Waals surface area (Å²) in [7, 11) is 0. The average Bonchev–Trinajstić information content (AvgIpc) is 2.72. The van der Waals surface area contributed by atoms with Crippen molar-refractivity contribution in [2.45, 2.75) is 72.1 Å². The molecule has 0 aromatic rings. The number of rotatable bonds is 0. The van der Waals surface area contributed by atoms with E-state index in [4.69, 9.17) is 0 Å². The fraction of sp³-hybridized carbons (Fsp3) is 0.882. The second-order valence-corrected chi connectivity index (χ2v) is 7.93. The minimum Gasteiger partial charge on any atom is -0.0794 e. The highest BCUT2D eigenvalue weighted by Crippen LogP contribution is 2.54. The van der Waals surface area contributed by atoms with Crippen molar-refractivity contribution >= 4 is 0 Å². The summed E-state index contributed by atoms with van der Waals surface area (Å²) >= 11 is 0. The van der Waals surface area contributed by atoms with E-state index in [1.165, 1.54) is 51.4 Å². The molecule has 96 valence electrons. The maximum absolute atomic E-state index is 2.62. The minimum absolute atomic E-state index is 0.486. The van der Waals surface area contributed by atoms with Crippen molar-refractivity contribution in [2.24, 2.45) is 22.7 Å². The van der Waals surface area contributed by atoms with E-state index in [1.807, 2.05) is 5.57 Å². The van der Waals surface area contributed by atoms with Crippen LogP contribution in [0.25, 0.3) is 0 Å². The molecule has 0 aliphatic heterocycles. The lowest BCUT2D eigenvalue weighted by Crippen LogP contribution is -2.25. The second kappa shape index (κ2) is 3.87. The van der Waals surface area contributed by atoms with Crippen LogP contribution in [0.5, 0.6) is 0 Å². The molecule has 3 rings (SSSR count). The van der Waals surface area contributed by atoms with Crippen molar-refractivity contribution in [2.75, 3.05) is 0 Å². The Bertz CT molecular complexity index is 336. The summed E-state index contributed by atoms with van der Waals surface area (Å²) in [6, 6.07) is 0. The van der Waals surface area contributed by atoms with E-state index in [-0.39, 0.29) is 0 Å². The van der Waals surface area contributed by atoms with Gasteiger partial charge in [0.05, 0.1) is 0 Å². The molecular weight excluding hydrogens is 204 g/mol. The smallest absolute Gasteiger partial charge is 0.0166 e. The Morgan fingerprint density at radius 2 is 1.88 bits per heavy atom. The zero-order valence-corrected chi connectivity index (χ0v) is 11.9. The monoisotopic (exact) mass is 232 g/mol. The van der Waals surface area contributed by atoms with E-state index in [9.17, 15) is 0 Å². The third-order valence-corrected chi connectivity index (χ3v) is 6.01. The van der Waals surface area contributed by atoms with Crippen molar-refractivity contribution in [3.63, 3.8) is 0 Å². The van der Waals surface area contributed by atoms with Crippen LogP contribution in [0.2, 0.25) is 0 Å². The highest BCUT2D eigenvalue weighted by molar-refractivity contribution is 5.20. The molecule has 0 spiro atoms. The predicted molar refractivity (Wildman–Crippen MR) is 73.9 cm³/mol. The van der Waals surface area contributed by atoms with Crippen molar-refractivity contribution in [3.05, 3.63) is 11.6 Å². The standard InChI is InChI=1S/C17H28/c1-16(2)11-13-6-7-15-5-4-9-17(15,3)10-8-14(13)12-16/h12-13,15H,4-11H2,1-3H3/t13-,15?,17?/m1/s1. The molecule has 0 heteroatoms. The average molecular weight is 232 g/mol. The van der Waals surface area contributed by atoms with E-state index in [2.05, 4.69) is 26.8 Å². The van der Waals surface area contributed by atoms with E-state index >= 15 is 0 Å². The summed E-state index contributed by atoms with van der Waals surface area (Å²) in [4.78, 5) is 0. The van der Waals surface area contributed by atoms with Crippen LogP contribution >= 0.6 is 0 Å². The summed E-state index contributed by atoms with van der Waals surface area (Å²) in [5.74, 6) is 1.99. The first-order valence-electron chi connectivity index (χ1n) is 7.70. The first-order chi connectivity index (χ1) is 7.99. The lowest BCUT2D eigenvalue weighted by Gasteiger charge is -2.36. The molecule has 2 fully saturated rings. The van der Waals surface area contributed by atoms with Crippen molar-refractivity contribution in [1.82, 2.24) is 0 Å². The normalized spacial score (nSPS) is 44.5. The van der Waals surface area contributed by atoms with Crippen molar-refractivity contribution in [3.8, 4) is 0 Å². The summed E-state index contributed by atoms with van der Waals surface area (Å²) < 4.78 is 0. The molecule has 0 nitrogen and oxygen atoms in total. The zero-order valence-electron chi connectivity index (χ0n) is 11.9. The number of fused-ring (bicyclic) bond motifs is 2. The van der Waals surface area contributed by atoms with Gasteiger partial charge < -0.3 is 0 Å². The summed E-state index contributed by atoms with van der Waals surface area (Å²) in [5, 5.41) is 0. The van der Waals surface area contributed by atoms with E-state index in [0.29, 0.717) is 10.8 Å². The van der Waals surface area contributed by atoms with Gasteiger partial charge in [0, 0.05) is 0 Å². The molecule has 0 saturated heterocycles. The van der Waals surface area contributed by atoms with Gasteiger partial charge in [0.25, 0.3) is 0 Å². The van der Waals surface area contributed by atoms with Gasteiger partial charge in [0.2, 0.25) is 0 Å². The van der Waals surface area contributed by atoms with Crippen LogP contribution in [0.3, 0.4) is 0 Å². The molecule has 0 N–H and O–H groups in total. The van der Waals surface area contributed by atoms with Gasteiger partial charge in [-0.3, -0.25) is 0 Å². The topological polar surface area (TPSA) is 0 Å². The Hall–Kier alpha value is -0.260. The summed E-state index contributed by atoms with van der Waals surface area (Å²) in [6.45, 7) is 7.42. The SMILES string of the molecule is CC1(C)C=C2CCC3(C)CCCC3CC[C@@H]2C1. The number of allylic oxidation sites excluding steroid dienone is 2. The molecule has 0 heterocycles. The molecule has 17 heavy (non-hydrogen) atoms. The highest BCUT2D eigenvalue weighted by atomic mass is 14.5. The molecule has 3 aliphatic rings. The van der Waals surface area contributed by atoms with Gasteiger partial charge in [-0.1, -0.05) is 38.8 Å². The van der Waals surface area contributed by atoms with E-state index in [0.717, 1.165) is 11.8 Å². The quantitative estimate of drug-likeness (QED) is 0.495. The molecule has 3 aliphatic carbocycles. The second-order valence-electron chi connectivity index (χ2n) is 7.93. The van der Waals surface area contributed by atoms with Gasteiger partial charge in [-0.15, -0.1) is 0 Å². The Morgan fingerprint density at radius 3 is 2.71 bits per heavy atom. The first kappa shape index (κ1) is 11.8. The number of hydrogen-bond donors (Lipinski definition) is 0. The molecule has 2 unspecified atom stereocenters. The van der Waals surface area contributed by atoms with Gasteiger partial charge in [0.15, 0.2) is 0 Å². The molecule has 0 aromatic heterocycles. The van der Waals surface area contributed by atoms with Crippen molar-refractivity contribution in [1.29, 1.82) is 0 Å². The van der Waals surface area contributed by atoms with Crippen LogP contribution < -0.4 is 0 Å². The lowest BCUT2D eigenvalue weighted by molar-refractivity contribution is 0.174. The first-order valence-corrected chi connectivity index (χ1v) is 7.70. The van der Waals surface area contributed by atoms with Crippen LogP contribution in [0, 0.1) is 22.7 Å². The Kier molecular flexibility index (Phi) is 2.69. The van der Waals surface area contributed by atoms with Gasteiger partial charge >= 0.3 is 0 Å². The molecule has 0 bridgehead atoms. The molecule has 0 aromatic carbocycles. The third kappa shape index (κ3) is 2.09. The molecule has 0 radical (unpaired) electrons. The van der Waals surface area contributed by atoms with Crippen LogP contribution in [0.4, 0.5) is 0 Å². The molecule has 3 atom stereocenters. The van der Waals surface area contributed by atoms with Crippen LogP contribution in [0.15, 0.2) is 11.6 Å². The van der Waals surface area contributed by atoms with Crippen molar-refractivity contribution < 1.29 is 0 Å². The Labute approximate surface area is 107 Å². The maximum atomic E-state index is 2.62. The van der Waals surface area contributed by atoms with Crippen LogP contribution in [0.1, 0.15) is 72.1 Å². The highest BCUT2D eigenvalue weighted by Gasteiger charge is 2.42. The fourth-order valence-corrected chi connectivity index (χ4v) is 4.97. The van der Waals surface area contributed by atoms with Crippen LogP contribution in [-0.4, -0.2) is 0 Å². The van der Waals surface area contributed by atoms with Gasteiger partial charge in [-0.25, -0.2) is 0 Å². The summed E-state index contributed by atoms with van der Waals surface area (Å²) in [6.07, 6.45) is 14.4. The van der Waals surface area contributed by atoms with E-state index in [1.54, 1.807) is 0 Å². The Balaban J connectivity index is 1.79. The minimum atomic E-state index is 0.486. The Morgan fingerprint density at radius 1 is 1.06 bits per heavy atom. The fourth-order valence-electron chi connectivity index (χ4n) is 4.97. The maximum Gasteiger partial charge on any atom is -0.0166 e. The van der Waals surface area contributed by atoms with Gasteiger partial charge in [-0.05, 0) is 67.6 Å². The molecule has 2 saturated carbocycles. The van der Waals surface area contributed by atoms with E-state index < -0.39 is 0 Å².